The van der Waals surface area contributed by atoms with Crippen molar-refractivity contribution < 1.29 is 9.53 Å². The molecule has 0 saturated carbocycles. The number of hydrogen-bond acceptors (Lipinski definition) is 3. The third-order valence-corrected chi connectivity index (χ3v) is 4.66. The number of benzene rings is 1. The number of nitrogens with one attached hydrogen (secondary N) is 1. The number of carbonyl (C=O) groups excluding carboxylic acids is 1. The first-order chi connectivity index (χ1) is 10.8. The third kappa shape index (κ3) is 2.37. The lowest BCUT2D eigenvalue weighted by Gasteiger charge is -2.14. The van der Waals surface area contributed by atoms with Crippen molar-refractivity contribution >= 4 is 16.8 Å². The molecule has 1 N–H and O–H groups in total. The Kier molecular flexibility index (Phi) is 3.54. The Hall–Kier alpha value is -1.94. The first kappa shape index (κ1) is 13.7. The average Bonchev–Trinajstić information content (AvgIpc) is 3.21. The molecule has 1 atom stereocenters. The topological polar surface area (TPSA) is 51.2 Å². The minimum absolute atomic E-state index is 0.0206. The summed E-state index contributed by atoms with van der Waals surface area (Å²) in [6, 6.07) is 7.94. The summed E-state index contributed by atoms with van der Waals surface area (Å²) in [5.74, 6) is 0.0206. The predicted octanol–water partition coefficient (Wildman–Crippen LogP) is 2.63. The molecule has 1 aliphatic carbocycles. The van der Waals surface area contributed by atoms with E-state index in [1.807, 2.05) is 24.3 Å². The van der Waals surface area contributed by atoms with Crippen LogP contribution in [0.4, 0.5) is 0 Å². The number of fused-ring (bicyclic) bond motifs is 2. The van der Waals surface area contributed by atoms with E-state index in [1.165, 1.54) is 0 Å². The van der Waals surface area contributed by atoms with E-state index >= 15 is 0 Å². The van der Waals surface area contributed by atoms with E-state index in [0.717, 1.165) is 66.4 Å². The molecule has 4 nitrogen and oxygen atoms in total. The number of rotatable bonds is 3. The van der Waals surface area contributed by atoms with Crippen molar-refractivity contribution in [3.63, 3.8) is 0 Å². The van der Waals surface area contributed by atoms with Gasteiger partial charge in [0.25, 0.3) is 5.91 Å². The van der Waals surface area contributed by atoms with Crippen LogP contribution in [0.5, 0.6) is 0 Å². The molecule has 1 saturated heterocycles. The normalized spacial score (nSPS) is 20.3. The van der Waals surface area contributed by atoms with Crippen LogP contribution in [0, 0.1) is 0 Å². The molecule has 4 rings (SSSR count). The SMILES string of the molecule is O=C(NC[C@@H]1CCCO1)c1c2c(nc3ccccc13)CCC2. The number of aromatic nitrogens is 1. The van der Waals surface area contributed by atoms with Crippen LogP contribution in [0.2, 0.25) is 0 Å². The smallest absolute Gasteiger partial charge is 0.252 e. The monoisotopic (exact) mass is 296 g/mol. The molecule has 114 valence electrons. The molecule has 1 aliphatic heterocycles. The second-order valence-electron chi connectivity index (χ2n) is 6.13. The van der Waals surface area contributed by atoms with Gasteiger partial charge in [-0.2, -0.15) is 0 Å². The van der Waals surface area contributed by atoms with E-state index in [4.69, 9.17) is 9.72 Å². The standard InChI is InChI=1S/C18H20N2O2/c21-18(19-11-12-5-4-10-22-12)17-13-6-1-2-8-15(13)20-16-9-3-7-14(16)17/h1-2,6,8,12H,3-5,7,9-11H2,(H,19,21)/t12-/m0/s1. The Balaban J connectivity index is 1.68. The highest BCUT2D eigenvalue weighted by atomic mass is 16.5. The van der Waals surface area contributed by atoms with Crippen LogP contribution in [0.15, 0.2) is 24.3 Å². The number of para-hydroxylation sites is 1. The van der Waals surface area contributed by atoms with Gasteiger partial charge in [-0.1, -0.05) is 18.2 Å². The Morgan fingerprint density at radius 2 is 2.18 bits per heavy atom. The number of aryl methyl sites for hydroxylation is 1. The molecule has 0 radical (unpaired) electrons. The number of nitrogens with zero attached hydrogens (tertiary/aromatic N) is 1. The van der Waals surface area contributed by atoms with E-state index in [1.54, 1.807) is 0 Å². The summed E-state index contributed by atoms with van der Waals surface area (Å²) in [7, 11) is 0. The first-order valence-corrected chi connectivity index (χ1v) is 8.13. The molecule has 2 aliphatic rings. The number of amides is 1. The lowest BCUT2D eigenvalue weighted by Crippen LogP contribution is -2.32. The molecular formula is C18H20N2O2. The summed E-state index contributed by atoms with van der Waals surface area (Å²) in [6.07, 6.45) is 5.32. The molecule has 0 bridgehead atoms. The van der Waals surface area contributed by atoms with Gasteiger partial charge in [-0.3, -0.25) is 9.78 Å². The first-order valence-electron chi connectivity index (χ1n) is 8.13. The van der Waals surface area contributed by atoms with E-state index in [-0.39, 0.29) is 12.0 Å². The van der Waals surface area contributed by atoms with Gasteiger partial charge in [-0.15, -0.1) is 0 Å². The van der Waals surface area contributed by atoms with Gasteiger partial charge in [-0.05, 0) is 43.7 Å². The Labute approximate surface area is 129 Å². The molecule has 1 amide bonds. The zero-order valence-corrected chi connectivity index (χ0v) is 12.6. The Morgan fingerprint density at radius 3 is 3.05 bits per heavy atom. The van der Waals surface area contributed by atoms with Crippen LogP contribution >= 0.6 is 0 Å². The van der Waals surface area contributed by atoms with Crippen LogP contribution in [0.25, 0.3) is 10.9 Å². The summed E-state index contributed by atoms with van der Waals surface area (Å²) in [5.41, 5.74) is 3.99. The quantitative estimate of drug-likeness (QED) is 0.947. The van der Waals surface area contributed by atoms with Gasteiger partial charge in [-0.25, -0.2) is 0 Å². The van der Waals surface area contributed by atoms with Gasteiger partial charge in [0.15, 0.2) is 0 Å². The minimum Gasteiger partial charge on any atom is -0.376 e. The Morgan fingerprint density at radius 1 is 1.27 bits per heavy atom. The molecule has 1 aromatic carbocycles. The van der Waals surface area contributed by atoms with Crippen LogP contribution in [0.3, 0.4) is 0 Å². The van der Waals surface area contributed by atoms with Gasteiger partial charge >= 0.3 is 0 Å². The molecule has 2 heterocycles. The molecule has 22 heavy (non-hydrogen) atoms. The summed E-state index contributed by atoms with van der Waals surface area (Å²) < 4.78 is 5.59. The van der Waals surface area contributed by atoms with Gasteiger partial charge in [0.05, 0.1) is 17.2 Å². The van der Waals surface area contributed by atoms with Crippen molar-refractivity contribution in [3.05, 3.63) is 41.1 Å². The van der Waals surface area contributed by atoms with E-state index in [9.17, 15) is 4.79 Å². The summed E-state index contributed by atoms with van der Waals surface area (Å²) >= 11 is 0. The average molecular weight is 296 g/mol. The lowest BCUT2D eigenvalue weighted by atomic mass is 10.0. The fourth-order valence-corrected chi connectivity index (χ4v) is 3.57. The highest BCUT2D eigenvalue weighted by molar-refractivity contribution is 6.07. The van der Waals surface area contributed by atoms with Crippen molar-refractivity contribution in [1.29, 1.82) is 0 Å². The van der Waals surface area contributed by atoms with Crippen LogP contribution < -0.4 is 5.32 Å². The maximum absolute atomic E-state index is 12.8. The fraction of sp³-hybridized carbons (Fsp3) is 0.444. The number of pyridine rings is 1. The zero-order valence-electron chi connectivity index (χ0n) is 12.6. The number of hydrogen-bond donors (Lipinski definition) is 1. The second kappa shape index (κ2) is 5.69. The molecular weight excluding hydrogens is 276 g/mol. The molecule has 0 spiro atoms. The van der Waals surface area contributed by atoms with Crippen LogP contribution in [-0.2, 0) is 17.6 Å². The maximum atomic E-state index is 12.8. The zero-order chi connectivity index (χ0) is 14.9. The van der Waals surface area contributed by atoms with E-state index < -0.39 is 0 Å². The van der Waals surface area contributed by atoms with Crippen molar-refractivity contribution in [2.45, 2.75) is 38.2 Å². The van der Waals surface area contributed by atoms with E-state index in [2.05, 4.69) is 5.32 Å². The fourth-order valence-electron chi connectivity index (χ4n) is 3.57. The van der Waals surface area contributed by atoms with Crippen molar-refractivity contribution in [3.8, 4) is 0 Å². The number of carbonyl (C=O) groups is 1. The van der Waals surface area contributed by atoms with E-state index in [0.29, 0.717) is 6.54 Å². The largest absolute Gasteiger partial charge is 0.376 e. The second-order valence-corrected chi connectivity index (χ2v) is 6.13. The summed E-state index contributed by atoms with van der Waals surface area (Å²) in [4.78, 5) is 17.5. The van der Waals surface area contributed by atoms with Crippen LogP contribution in [0.1, 0.15) is 40.9 Å². The molecule has 2 aromatic rings. The maximum Gasteiger partial charge on any atom is 0.252 e. The number of ether oxygens (including phenoxy) is 1. The highest BCUT2D eigenvalue weighted by Crippen LogP contribution is 2.29. The summed E-state index contributed by atoms with van der Waals surface area (Å²) in [6.45, 7) is 1.42. The van der Waals surface area contributed by atoms with Gasteiger partial charge in [0, 0.05) is 24.2 Å². The minimum atomic E-state index is 0.0206. The van der Waals surface area contributed by atoms with Crippen molar-refractivity contribution in [2.24, 2.45) is 0 Å². The Bertz CT molecular complexity index is 720. The highest BCUT2D eigenvalue weighted by Gasteiger charge is 2.24. The molecule has 4 heteroatoms. The summed E-state index contributed by atoms with van der Waals surface area (Å²) in [5, 5.41) is 4.04. The van der Waals surface area contributed by atoms with Gasteiger partial charge in [0.2, 0.25) is 0 Å². The molecule has 0 unspecified atom stereocenters. The predicted molar refractivity (Wildman–Crippen MR) is 85.1 cm³/mol. The third-order valence-electron chi connectivity index (χ3n) is 4.66. The van der Waals surface area contributed by atoms with Crippen molar-refractivity contribution in [1.82, 2.24) is 10.3 Å². The molecule has 1 fully saturated rings. The van der Waals surface area contributed by atoms with Crippen molar-refractivity contribution in [2.75, 3.05) is 13.2 Å². The molecule has 1 aromatic heterocycles. The van der Waals surface area contributed by atoms with Gasteiger partial charge < -0.3 is 10.1 Å². The lowest BCUT2D eigenvalue weighted by molar-refractivity contribution is 0.0858. The van der Waals surface area contributed by atoms with Crippen LogP contribution in [-0.4, -0.2) is 30.1 Å². The van der Waals surface area contributed by atoms with Gasteiger partial charge in [0.1, 0.15) is 0 Å².